The molecule has 3 nitrogen and oxygen atoms in total. The van der Waals surface area contributed by atoms with Crippen LogP contribution in [0, 0.1) is 0 Å². The third kappa shape index (κ3) is 5.13. The van der Waals surface area contributed by atoms with Gasteiger partial charge >= 0.3 is 0 Å². The molecule has 0 spiro atoms. The molecule has 0 saturated heterocycles. The predicted molar refractivity (Wildman–Crippen MR) is 231 cm³/mol. The number of aromatic nitrogens is 3. The highest BCUT2D eigenvalue weighted by atomic mass is 15.2. The lowest BCUT2D eigenvalue weighted by atomic mass is 9.93. The van der Waals surface area contributed by atoms with E-state index in [0.717, 1.165) is 33.5 Å². The van der Waals surface area contributed by atoms with Gasteiger partial charge in [0.2, 0.25) is 5.95 Å². The zero-order valence-corrected chi connectivity index (χ0v) is 29.9. The van der Waals surface area contributed by atoms with Crippen LogP contribution in [0.2, 0.25) is 0 Å². The van der Waals surface area contributed by atoms with Crippen molar-refractivity contribution in [3.05, 3.63) is 200 Å². The molecule has 11 aromatic rings. The fourth-order valence-electron chi connectivity index (χ4n) is 8.41. The number of nitrogens with zero attached hydrogens (tertiary/aromatic N) is 3. The van der Waals surface area contributed by atoms with E-state index < -0.39 is 0 Å². The van der Waals surface area contributed by atoms with E-state index in [4.69, 9.17) is 9.97 Å². The van der Waals surface area contributed by atoms with E-state index in [-0.39, 0.29) is 0 Å². The van der Waals surface area contributed by atoms with Crippen LogP contribution in [0.1, 0.15) is 0 Å². The zero-order valence-electron chi connectivity index (χ0n) is 29.9. The maximum absolute atomic E-state index is 5.43. The Morgan fingerprint density at radius 2 is 0.782 bits per heavy atom. The highest BCUT2D eigenvalue weighted by Crippen LogP contribution is 2.44. The van der Waals surface area contributed by atoms with Crippen molar-refractivity contribution in [2.24, 2.45) is 0 Å². The van der Waals surface area contributed by atoms with Crippen molar-refractivity contribution in [2.75, 3.05) is 0 Å². The molecule has 0 bridgehead atoms. The minimum Gasteiger partial charge on any atom is -0.277 e. The van der Waals surface area contributed by atoms with E-state index in [9.17, 15) is 0 Å². The summed E-state index contributed by atoms with van der Waals surface area (Å²) in [5.74, 6) is 0.642. The molecule has 0 atom stereocenters. The SMILES string of the molecule is c1ccc(-c2ccc(-c3cc(-c4ccc(-c5ccccc5)cc4)nc(-n4c5ccccc5c5c6ccc7ccccc7c6c6ccccc6c54)n3)cc2)cc1. The monoisotopic (exact) mass is 699 g/mol. The molecule has 0 aliphatic rings. The van der Waals surface area contributed by atoms with Gasteiger partial charge in [-0.05, 0) is 61.3 Å². The first-order valence-electron chi connectivity index (χ1n) is 18.7. The first kappa shape index (κ1) is 31.2. The first-order chi connectivity index (χ1) is 27.3. The zero-order chi connectivity index (χ0) is 36.3. The average Bonchev–Trinajstić information content (AvgIpc) is 3.62. The number of hydrogen-bond acceptors (Lipinski definition) is 2. The number of para-hydroxylation sites is 1. The van der Waals surface area contributed by atoms with Gasteiger partial charge in [-0.3, -0.25) is 4.57 Å². The molecular formula is C52H33N3. The van der Waals surface area contributed by atoms with Gasteiger partial charge in [-0.25, -0.2) is 9.97 Å². The van der Waals surface area contributed by atoms with Crippen LogP contribution in [0.4, 0.5) is 0 Å². The molecule has 256 valence electrons. The quantitative estimate of drug-likeness (QED) is 0.167. The normalized spacial score (nSPS) is 11.6. The maximum atomic E-state index is 5.43. The van der Waals surface area contributed by atoms with Crippen LogP contribution in [0.5, 0.6) is 0 Å². The van der Waals surface area contributed by atoms with E-state index in [2.05, 4.69) is 205 Å². The molecular weight excluding hydrogens is 667 g/mol. The van der Waals surface area contributed by atoms with Crippen molar-refractivity contribution < 1.29 is 0 Å². The van der Waals surface area contributed by atoms with E-state index in [1.807, 2.05) is 0 Å². The van der Waals surface area contributed by atoms with Crippen molar-refractivity contribution in [3.63, 3.8) is 0 Å². The molecule has 3 heteroatoms. The molecule has 0 fully saturated rings. The van der Waals surface area contributed by atoms with Crippen LogP contribution in [0.15, 0.2) is 200 Å². The van der Waals surface area contributed by atoms with Gasteiger partial charge in [-0.1, -0.05) is 188 Å². The summed E-state index contributed by atoms with van der Waals surface area (Å²) >= 11 is 0. The Morgan fingerprint density at radius 1 is 0.309 bits per heavy atom. The second-order valence-electron chi connectivity index (χ2n) is 14.2. The van der Waals surface area contributed by atoms with Crippen molar-refractivity contribution in [3.8, 4) is 50.7 Å². The summed E-state index contributed by atoms with van der Waals surface area (Å²) < 4.78 is 2.30. The molecule has 0 aliphatic carbocycles. The largest absolute Gasteiger partial charge is 0.277 e. The molecule has 11 rings (SSSR count). The summed E-state index contributed by atoms with van der Waals surface area (Å²) in [5, 5.41) is 9.78. The molecule has 0 radical (unpaired) electrons. The summed E-state index contributed by atoms with van der Waals surface area (Å²) in [7, 11) is 0. The second kappa shape index (κ2) is 12.6. The summed E-state index contributed by atoms with van der Waals surface area (Å²) in [5.41, 5.74) is 10.7. The lowest BCUT2D eigenvalue weighted by Gasteiger charge is -2.15. The molecule has 0 amide bonds. The lowest BCUT2D eigenvalue weighted by Crippen LogP contribution is -2.04. The first-order valence-corrected chi connectivity index (χ1v) is 18.7. The van der Waals surface area contributed by atoms with Gasteiger partial charge in [0.15, 0.2) is 0 Å². The van der Waals surface area contributed by atoms with Crippen LogP contribution in [0.25, 0.3) is 105 Å². The van der Waals surface area contributed by atoms with E-state index >= 15 is 0 Å². The Morgan fingerprint density at radius 3 is 1.40 bits per heavy atom. The Kier molecular flexibility index (Phi) is 7.17. The van der Waals surface area contributed by atoms with E-state index in [1.165, 1.54) is 65.3 Å². The van der Waals surface area contributed by atoms with Gasteiger partial charge in [0, 0.05) is 27.3 Å². The average molecular weight is 700 g/mol. The predicted octanol–water partition coefficient (Wildman–Crippen LogP) is 13.7. The maximum Gasteiger partial charge on any atom is 0.235 e. The number of hydrogen-bond donors (Lipinski definition) is 0. The van der Waals surface area contributed by atoms with Crippen LogP contribution in [0.3, 0.4) is 0 Å². The molecule has 55 heavy (non-hydrogen) atoms. The van der Waals surface area contributed by atoms with Crippen LogP contribution >= 0.6 is 0 Å². The van der Waals surface area contributed by atoms with Gasteiger partial charge in [0.1, 0.15) is 0 Å². The van der Waals surface area contributed by atoms with Crippen molar-refractivity contribution in [2.45, 2.75) is 0 Å². The standard InChI is InChI=1S/C52H33N3/c1-3-13-34(14-4-1)36-23-27-39(28-24-36)46-33-47(40-29-25-37(26-30-40)35-15-5-2-6-16-35)54-52(53-46)55-48-22-12-11-21-44(48)50-45-32-31-38-17-7-8-18-41(38)49(45)42-19-9-10-20-43(42)51(50)55/h1-33H. The van der Waals surface area contributed by atoms with Crippen molar-refractivity contribution >= 4 is 54.1 Å². The molecule has 0 aliphatic heterocycles. The highest BCUT2D eigenvalue weighted by Gasteiger charge is 2.22. The summed E-state index contributed by atoms with van der Waals surface area (Å²) in [4.78, 5) is 10.9. The Hall–Kier alpha value is -7.36. The van der Waals surface area contributed by atoms with Gasteiger partial charge < -0.3 is 0 Å². The molecule has 0 unspecified atom stereocenters. The summed E-state index contributed by atoms with van der Waals surface area (Å²) in [6.45, 7) is 0. The van der Waals surface area contributed by atoms with Crippen molar-refractivity contribution in [1.29, 1.82) is 0 Å². The van der Waals surface area contributed by atoms with E-state index in [0.29, 0.717) is 5.95 Å². The third-order valence-electron chi connectivity index (χ3n) is 11.0. The molecule has 2 aromatic heterocycles. The highest BCUT2D eigenvalue weighted by molar-refractivity contribution is 6.36. The fraction of sp³-hybridized carbons (Fsp3) is 0. The molecule has 0 saturated carbocycles. The summed E-state index contributed by atoms with van der Waals surface area (Å²) in [6, 6.07) is 71.4. The van der Waals surface area contributed by atoms with E-state index in [1.54, 1.807) is 0 Å². The van der Waals surface area contributed by atoms with Crippen LogP contribution < -0.4 is 0 Å². The lowest BCUT2D eigenvalue weighted by molar-refractivity contribution is 0.998. The third-order valence-corrected chi connectivity index (χ3v) is 11.0. The minimum absolute atomic E-state index is 0.642. The Labute approximate surface area is 318 Å². The summed E-state index contributed by atoms with van der Waals surface area (Å²) in [6.07, 6.45) is 0. The Balaban J connectivity index is 1.20. The molecule has 9 aromatic carbocycles. The number of fused-ring (bicyclic) bond motifs is 10. The topological polar surface area (TPSA) is 30.7 Å². The fourth-order valence-corrected chi connectivity index (χ4v) is 8.41. The molecule has 0 N–H and O–H groups in total. The van der Waals surface area contributed by atoms with Gasteiger partial charge in [0.05, 0.1) is 22.4 Å². The van der Waals surface area contributed by atoms with Crippen molar-refractivity contribution in [1.82, 2.24) is 14.5 Å². The number of rotatable bonds is 5. The molecule has 2 heterocycles. The van der Waals surface area contributed by atoms with Crippen LogP contribution in [-0.4, -0.2) is 14.5 Å². The minimum atomic E-state index is 0.642. The van der Waals surface area contributed by atoms with Gasteiger partial charge in [-0.2, -0.15) is 0 Å². The van der Waals surface area contributed by atoms with Crippen LogP contribution in [-0.2, 0) is 0 Å². The number of benzene rings is 9. The smallest absolute Gasteiger partial charge is 0.235 e. The Bertz CT molecular complexity index is 3120. The second-order valence-corrected chi connectivity index (χ2v) is 14.2. The van der Waals surface area contributed by atoms with Gasteiger partial charge in [0.25, 0.3) is 0 Å². The van der Waals surface area contributed by atoms with Gasteiger partial charge in [-0.15, -0.1) is 0 Å².